The third kappa shape index (κ3) is 3.15. The van der Waals surface area contributed by atoms with Gasteiger partial charge in [0, 0.05) is 24.0 Å². The molecule has 1 aliphatic heterocycles. The maximum absolute atomic E-state index is 13.8. The number of aliphatic hydroxyl groups is 4. The first-order valence-electron chi connectivity index (χ1n) is 11.4. The van der Waals surface area contributed by atoms with Gasteiger partial charge in [0.1, 0.15) is 17.5 Å². The fraction of sp³-hybridized carbons (Fsp3) is 0.480. The van der Waals surface area contributed by atoms with Gasteiger partial charge in [-0.15, -0.1) is 0 Å². The number of benzene rings is 1. The second kappa shape index (κ2) is 7.63. The number of ether oxygens (including phenoxy) is 2. The van der Waals surface area contributed by atoms with Crippen LogP contribution in [-0.4, -0.2) is 84.3 Å². The van der Waals surface area contributed by atoms with Gasteiger partial charge >= 0.3 is 0 Å². The zero-order valence-corrected chi connectivity index (χ0v) is 19.1. The zero-order valence-electron chi connectivity index (χ0n) is 19.1. The predicted octanol–water partition coefficient (Wildman–Crippen LogP) is 0.0947. The number of hydrogen-bond acceptors (Lipinski definition) is 10. The highest BCUT2D eigenvalue weighted by molar-refractivity contribution is 6.32. The first-order valence-corrected chi connectivity index (χ1v) is 11.4. The largest absolute Gasteiger partial charge is 0.507 e. The molecule has 35 heavy (non-hydrogen) atoms. The van der Waals surface area contributed by atoms with Crippen LogP contribution in [-0.2, 0) is 14.3 Å². The summed E-state index contributed by atoms with van der Waals surface area (Å²) < 4.78 is 11.8. The van der Waals surface area contributed by atoms with Crippen molar-refractivity contribution in [2.75, 3.05) is 0 Å². The monoisotopic (exact) mass is 486 g/mol. The van der Waals surface area contributed by atoms with Gasteiger partial charge in [-0.25, -0.2) is 0 Å². The highest BCUT2D eigenvalue weighted by atomic mass is 16.7. The topological polar surface area (TPSA) is 171 Å². The van der Waals surface area contributed by atoms with Crippen LogP contribution >= 0.6 is 0 Å². The Labute approximate surface area is 200 Å². The molecule has 186 valence electrons. The van der Waals surface area contributed by atoms with E-state index < -0.39 is 76.5 Å². The Bertz CT molecular complexity index is 1210. The van der Waals surface area contributed by atoms with Crippen molar-refractivity contribution < 1.29 is 49.4 Å². The molecule has 0 aromatic heterocycles. The third-order valence-corrected chi connectivity index (χ3v) is 7.47. The molecule has 1 aromatic carbocycles. The van der Waals surface area contributed by atoms with Gasteiger partial charge in [-0.05, 0) is 32.4 Å². The minimum Gasteiger partial charge on any atom is -0.507 e. The van der Waals surface area contributed by atoms with Gasteiger partial charge in [-0.1, -0.05) is 18.2 Å². The van der Waals surface area contributed by atoms with Crippen LogP contribution in [0.1, 0.15) is 53.8 Å². The summed E-state index contributed by atoms with van der Waals surface area (Å²) in [6, 6.07) is 3.92. The number of fused-ring (bicyclic) bond motifs is 3. The molecule has 0 bridgehead atoms. The number of phenolic OH excluding ortho intramolecular Hbond substituents is 1. The van der Waals surface area contributed by atoms with E-state index in [0.29, 0.717) is 0 Å². The molecule has 0 amide bonds. The van der Waals surface area contributed by atoms with E-state index in [2.05, 4.69) is 0 Å². The van der Waals surface area contributed by atoms with Crippen LogP contribution < -0.4 is 0 Å². The van der Waals surface area contributed by atoms with Crippen LogP contribution in [0.3, 0.4) is 0 Å². The third-order valence-electron chi connectivity index (χ3n) is 7.47. The van der Waals surface area contributed by atoms with Gasteiger partial charge in [0.2, 0.25) is 5.78 Å². The molecule has 1 saturated carbocycles. The molecule has 1 saturated heterocycles. The summed E-state index contributed by atoms with van der Waals surface area (Å²) >= 11 is 0. The molecule has 5 N–H and O–H groups in total. The van der Waals surface area contributed by atoms with E-state index >= 15 is 0 Å². The van der Waals surface area contributed by atoms with Crippen molar-refractivity contribution in [2.45, 2.75) is 74.5 Å². The fourth-order valence-corrected chi connectivity index (χ4v) is 5.62. The summed E-state index contributed by atoms with van der Waals surface area (Å²) in [5, 5.41) is 53.6. The Hall–Kier alpha value is -2.73. The standard InChI is InChI=1S/C25H26O10/c1-11-14(26)6-7-16(34-11)35-25-18-13(19(28)17-12(20(18)29)4-3-5-15(17)27)8-9-24(25,33)10-23(2,32)21(30)22(25)31/h3-5,8-9,11,14,16,21,26-27,30,32-33H,6-7,10H2,1-2H3/t11-,14-,16-,21+,23-,24-,25+/m1/s1. The van der Waals surface area contributed by atoms with Crippen LogP contribution in [0.15, 0.2) is 41.5 Å². The van der Waals surface area contributed by atoms with Crippen molar-refractivity contribution >= 4 is 17.3 Å². The van der Waals surface area contributed by atoms with Gasteiger partial charge < -0.3 is 35.0 Å². The smallest absolute Gasteiger partial charge is 0.204 e. The number of carbonyl (C=O) groups excluding carboxylic acids is 3. The lowest BCUT2D eigenvalue weighted by molar-refractivity contribution is -0.289. The van der Waals surface area contributed by atoms with E-state index in [0.717, 1.165) is 6.08 Å². The predicted molar refractivity (Wildman–Crippen MR) is 118 cm³/mol. The van der Waals surface area contributed by atoms with E-state index in [1.807, 2.05) is 0 Å². The summed E-state index contributed by atoms with van der Waals surface area (Å²) in [5.74, 6) is -3.24. The van der Waals surface area contributed by atoms with Crippen molar-refractivity contribution in [1.29, 1.82) is 0 Å². The van der Waals surface area contributed by atoms with Gasteiger partial charge in [0.25, 0.3) is 0 Å². The van der Waals surface area contributed by atoms with Crippen molar-refractivity contribution in [3.63, 3.8) is 0 Å². The summed E-state index contributed by atoms with van der Waals surface area (Å²) in [6.45, 7) is 2.76. The zero-order chi connectivity index (χ0) is 25.5. The Morgan fingerprint density at radius 2 is 1.80 bits per heavy atom. The number of Topliss-reactive ketones (excluding diaryl/α,β-unsaturated/α-hetero) is 3. The Morgan fingerprint density at radius 1 is 1.09 bits per heavy atom. The van der Waals surface area contributed by atoms with Crippen molar-refractivity contribution in [2.24, 2.45) is 0 Å². The van der Waals surface area contributed by atoms with E-state index in [1.54, 1.807) is 6.92 Å². The number of allylic oxidation sites excluding steroid dienone is 2. The molecule has 0 radical (unpaired) electrons. The van der Waals surface area contributed by atoms with Gasteiger partial charge in [-0.2, -0.15) is 0 Å². The lowest BCUT2D eigenvalue weighted by atomic mass is 9.56. The maximum Gasteiger partial charge on any atom is 0.204 e. The minimum atomic E-state index is -2.60. The molecule has 10 heteroatoms. The maximum atomic E-state index is 13.8. The SMILES string of the molecule is C[C@H]1O[C@H](O[C@@]23C(=O)[C@H](O)[C@](C)(O)C[C@]2(O)C=CC2=C3C(=O)c3cccc(O)c3C2=O)CC[C@H]1O. The summed E-state index contributed by atoms with van der Waals surface area (Å²) in [5.41, 5.74) is -8.21. The van der Waals surface area contributed by atoms with Crippen molar-refractivity contribution in [3.8, 4) is 5.75 Å². The quantitative estimate of drug-likeness (QED) is 0.386. The molecule has 4 aliphatic rings. The highest BCUT2D eigenvalue weighted by Crippen LogP contribution is 2.54. The van der Waals surface area contributed by atoms with Crippen molar-refractivity contribution in [3.05, 3.63) is 52.6 Å². The molecular formula is C25H26O10. The average molecular weight is 486 g/mol. The summed E-state index contributed by atoms with van der Waals surface area (Å²) in [7, 11) is 0. The lowest BCUT2D eigenvalue weighted by Crippen LogP contribution is -2.75. The van der Waals surface area contributed by atoms with E-state index in [1.165, 1.54) is 31.2 Å². The van der Waals surface area contributed by atoms with Gasteiger partial charge in [-0.3, -0.25) is 14.4 Å². The number of rotatable bonds is 2. The Balaban J connectivity index is 1.74. The molecule has 0 spiro atoms. The van der Waals surface area contributed by atoms with E-state index in [-0.39, 0.29) is 29.5 Å². The molecule has 0 unspecified atom stereocenters. The molecule has 2 fully saturated rings. The summed E-state index contributed by atoms with van der Waals surface area (Å²) in [6.07, 6.45) is -2.75. The summed E-state index contributed by atoms with van der Waals surface area (Å²) in [4.78, 5) is 41.0. The van der Waals surface area contributed by atoms with Crippen LogP contribution in [0.4, 0.5) is 0 Å². The normalized spacial score (nSPS) is 40.9. The van der Waals surface area contributed by atoms with E-state index in [9.17, 15) is 39.9 Å². The second-order valence-electron chi connectivity index (χ2n) is 9.92. The fourth-order valence-electron chi connectivity index (χ4n) is 5.62. The molecule has 1 aromatic rings. The minimum absolute atomic E-state index is 0.0922. The Kier molecular flexibility index (Phi) is 5.23. The first-order chi connectivity index (χ1) is 16.3. The molecule has 3 aliphatic carbocycles. The van der Waals surface area contributed by atoms with E-state index in [4.69, 9.17) is 9.47 Å². The first kappa shape index (κ1) is 24.0. The molecule has 10 nitrogen and oxygen atoms in total. The average Bonchev–Trinajstić information content (AvgIpc) is 2.79. The molecule has 1 heterocycles. The Morgan fingerprint density at radius 3 is 2.49 bits per heavy atom. The number of hydrogen-bond donors (Lipinski definition) is 5. The molecule has 5 rings (SSSR count). The van der Waals surface area contributed by atoms with Crippen LogP contribution in [0.5, 0.6) is 5.75 Å². The second-order valence-corrected chi connectivity index (χ2v) is 9.92. The van der Waals surface area contributed by atoms with Crippen molar-refractivity contribution in [1.82, 2.24) is 0 Å². The number of phenols is 1. The van der Waals surface area contributed by atoms with Crippen LogP contribution in [0, 0.1) is 0 Å². The van der Waals surface area contributed by atoms with Crippen LogP contribution in [0.2, 0.25) is 0 Å². The molecular weight excluding hydrogens is 460 g/mol. The molecule has 7 atom stereocenters. The number of aromatic hydroxyl groups is 1. The lowest BCUT2D eigenvalue weighted by Gasteiger charge is -2.56. The number of carbonyl (C=O) groups is 3. The highest BCUT2D eigenvalue weighted by Gasteiger charge is 2.71. The number of ketones is 3. The number of aliphatic hydroxyl groups excluding tert-OH is 2. The van der Waals surface area contributed by atoms with Gasteiger partial charge in [0.15, 0.2) is 23.5 Å². The van der Waals surface area contributed by atoms with Gasteiger partial charge in [0.05, 0.1) is 28.9 Å². The van der Waals surface area contributed by atoms with Crippen LogP contribution in [0.25, 0.3) is 0 Å².